The van der Waals surface area contributed by atoms with Gasteiger partial charge >= 0.3 is 5.69 Å². The number of aromatic nitrogens is 4. The maximum Gasteiger partial charge on any atom is 0.332 e. The molecule has 2 aromatic rings. The van der Waals surface area contributed by atoms with Gasteiger partial charge in [0, 0.05) is 27.2 Å². The number of nitrogens with one attached hydrogen (secondary N) is 1. The van der Waals surface area contributed by atoms with E-state index in [9.17, 15) is 9.59 Å². The van der Waals surface area contributed by atoms with Crippen molar-refractivity contribution in [2.45, 2.75) is 6.54 Å². The summed E-state index contributed by atoms with van der Waals surface area (Å²) >= 11 is 0. The summed E-state index contributed by atoms with van der Waals surface area (Å²) in [5, 5.41) is 3.21. The van der Waals surface area contributed by atoms with Crippen molar-refractivity contribution in [3.63, 3.8) is 0 Å². The first-order chi connectivity index (χ1) is 12.4. The molecule has 1 aliphatic heterocycles. The summed E-state index contributed by atoms with van der Waals surface area (Å²) in [5.74, 6) is 0.702. The fourth-order valence-corrected chi connectivity index (χ4v) is 3.08. The maximum atomic E-state index is 12.8. The van der Waals surface area contributed by atoms with Gasteiger partial charge in [-0.15, -0.1) is 0 Å². The maximum absolute atomic E-state index is 12.8. The Morgan fingerprint density at radius 3 is 2.54 bits per heavy atom. The molecule has 0 atom stereocenters. The SMILES string of the molecule is Cn1c(=O)c2c(nc(N3CCOCC3)n2CCNC=[N+](C)C)n(C)c1=O. The monoisotopic (exact) mass is 364 g/mol. The molecule has 1 N–H and O–H groups in total. The van der Waals surface area contributed by atoms with Crippen LogP contribution in [0.2, 0.25) is 0 Å². The Kier molecular flexibility index (Phi) is 5.12. The minimum Gasteiger partial charge on any atom is -0.378 e. The summed E-state index contributed by atoms with van der Waals surface area (Å²) in [5.41, 5.74) is 0.158. The first kappa shape index (κ1) is 18.2. The molecule has 10 heteroatoms. The van der Waals surface area contributed by atoms with Crippen molar-refractivity contribution < 1.29 is 9.31 Å². The summed E-state index contributed by atoms with van der Waals surface area (Å²) in [4.78, 5) is 31.8. The van der Waals surface area contributed by atoms with E-state index < -0.39 is 0 Å². The van der Waals surface area contributed by atoms with Gasteiger partial charge in [0.05, 0.1) is 33.9 Å². The van der Waals surface area contributed by atoms with E-state index in [0.29, 0.717) is 56.5 Å². The number of hydrogen-bond acceptors (Lipinski definition) is 5. The fraction of sp³-hybridized carbons (Fsp3) is 0.625. The van der Waals surface area contributed by atoms with Crippen LogP contribution in [0.4, 0.5) is 5.95 Å². The number of ether oxygens (including phenoxy) is 1. The van der Waals surface area contributed by atoms with Crippen LogP contribution in [0.15, 0.2) is 9.59 Å². The van der Waals surface area contributed by atoms with Crippen LogP contribution in [0.5, 0.6) is 0 Å². The van der Waals surface area contributed by atoms with Crippen LogP contribution < -0.4 is 21.5 Å². The average molecular weight is 364 g/mol. The third-order valence-corrected chi connectivity index (χ3v) is 4.45. The van der Waals surface area contributed by atoms with E-state index in [0.717, 1.165) is 4.57 Å². The third-order valence-electron chi connectivity index (χ3n) is 4.45. The minimum atomic E-state index is -0.375. The van der Waals surface area contributed by atoms with Gasteiger partial charge in [-0.3, -0.25) is 23.8 Å². The second kappa shape index (κ2) is 7.32. The molecule has 1 saturated heterocycles. The van der Waals surface area contributed by atoms with Crippen LogP contribution in [0, 0.1) is 0 Å². The van der Waals surface area contributed by atoms with Crippen LogP contribution in [0.1, 0.15) is 0 Å². The van der Waals surface area contributed by atoms with Crippen LogP contribution in [0.3, 0.4) is 0 Å². The molecule has 0 bridgehead atoms. The molecule has 3 heterocycles. The van der Waals surface area contributed by atoms with Crippen molar-refractivity contribution in [1.29, 1.82) is 0 Å². The highest BCUT2D eigenvalue weighted by Gasteiger charge is 2.23. The van der Waals surface area contributed by atoms with E-state index in [4.69, 9.17) is 4.74 Å². The number of morpholine rings is 1. The predicted octanol–water partition coefficient (Wildman–Crippen LogP) is -1.84. The lowest BCUT2D eigenvalue weighted by atomic mass is 10.4. The van der Waals surface area contributed by atoms with Crippen LogP contribution in [-0.4, -0.2) is 76.5 Å². The molecule has 142 valence electrons. The topological polar surface area (TPSA) is 89.3 Å². The van der Waals surface area contributed by atoms with Crippen molar-refractivity contribution in [3.8, 4) is 0 Å². The average Bonchev–Trinajstić information content (AvgIpc) is 3.02. The van der Waals surface area contributed by atoms with E-state index in [1.807, 2.05) is 29.6 Å². The number of aryl methyl sites for hydroxylation is 1. The van der Waals surface area contributed by atoms with Gasteiger partial charge < -0.3 is 14.2 Å². The summed E-state index contributed by atoms with van der Waals surface area (Å²) in [7, 11) is 7.01. The zero-order valence-corrected chi connectivity index (χ0v) is 15.7. The molecular weight excluding hydrogens is 338 g/mol. The van der Waals surface area contributed by atoms with Crippen molar-refractivity contribution in [3.05, 3.63) is 20.8 Å². The van der Waals surface area contributed by atoms with Crippen LogP contribution in [-0.2, 0) is 25.4 Å². The molecule has 0 aromatic carbocycles. The summed E-state index contributed by atoms with van der Waals surface area (Å²) in [6.45, 7) is 3.83. The molecule has 0 radical (unpaired) electrons. The molecule has 0 unspecified atom stereocenters. The fourth-order valence-electron chi connectivity index (χ4n) is 3.08. The van der Waals surface area contributed by atoms with Gasteiger partial charge in [-0.25, -0.2) is 4.79 Å². The summed E-state index contributed by atoms with van der Waals surface area (Å²) < 4.78 is 11.8. The van der Waals surface area contributed by atoms with E-state index in [1.165, 1.54) is 11.6 Å². The largest absolute Gasteiger partial charge is 0.378 e. The normalized spacial score (nSPS) is 14.7. The predicted molar refractivity (Wildman–Crippen MR) is 99.4 cm³/mol. The smallest absolute Gasteiger partial charge is 0.332 e. The molecule has 0 spiro atoms. The molecule has 0 aliphatic carbocycles. The highest BCUT2D eigenvalue weighted by Crippen LogP contribution is 2.20. The first-order valence-corrected chi connectivity index (χ1v) is 8.64. The molecule has 1 aliphatic rings. The van der Waals surface area contributed by atoms with Gasteiger partial charge in [-0.2, -0.15) is 4.98 Å². The molecule has 0 saturated carbocycles. The Morgan fingerprint density at radius 2 is 1.88 bits per heavy atom. The molecule has 3 rings (SSSR count). The number of rotatable bonds is 5. The minimum absolute atomic E-state index is 0.327. The quantitative estimate of drug-likeness (QED) is 0.290. The Balaban J connectivity index is 2.11. The van der Waals surface area contributed by atoms with Gasteiger partial charge in [0.1, 0.15) is 6.54 Å². The lowest BCUT2D eigenvalue weighted by Gasteiger charge is -2.28. The number of fused-ring (bicyclic) bond motifs is 1. The highest BCUT2D eigenvalue weighted by atomic mass is 16.5. The number of anilines is 1. The van der Waals surface area contributed by atoms with E-state index in [-0.39, 0.29) is 11.2 Å². The van der Waals surface area contributed by atoms with Gasteiger partial charge in [0.15, 0.2) is 11.2 Å². The van der Waals surface area contributed by atoms with Gasteiger partial charge in [0.2, 0.25) is 12.3 Å². The number of imidazole rings is 1. The molecule has 1 fully saturated rings. The van der Waals surface area contributed by atoms with Gasteiger partial charge in [-0.05, 0) is 0 Å². The third kappa shape index (κ3) is 3.24. The second-order valence-corrected chi connectivity index (χ2v) is 6.59. The van der Waals surface area contributed by atoms with Crippen molar-refractivity contribution >= 4 is 23.5 Å². The van der Waals surface area contributed by atoms with Crippen LogP contribution in [0.25, 0.3) is 11.2 Å². The van der Waals surface area contributed by atoms with E-state index in [2.05, 4.69) is 15.2 Å². The zero-order chi connectivity index (χ0) is 18.8. The standard InChI is InChI=1S/C16H25N7O3/c1-19(2)11-17-5-6-23-12-13(20(3)16(25)21(4)14(12)24)18-15(23)22-7-9-26-10-8-22/h11H,5-10H2,1-4H3/p+1. The summed E-state index contributed by atoms with van der Waals surface area (Å²) in [6, 6.07) is 0. The van der Waals surface area contributed by atoms with Gasteiger partial charge in [0.25, 0.3) is 5.56 Å². The highest BCUT2D eigenvalue weighted by molar-refractivity contribution is 5.74. The van der Waals surface area contributed by atoms with Crippen molar-refractivity contribution in [1.82, 2.24) is 24.0 Å². The Labute approximate surface area is 150 Å². The molecule has 26 heavy (non-hydrogen) atoms. The molecular formula is C16H26N7O3+. The Morgan fingerprint density at radius 1 is 1.19 bits per heavy atom. The van der Waals surface area contributed by atoms with E-state index in [1.54, 1.807) is 7.05 Å². The zero-order valence-electron chi connectivity index (χ0n) is 15.7. The first-order valence-electron chi connectivity index (χ1n) is 8.64. The molecule has 2 aromatic heterocycles. The molecule has 10 nitrogen and oxygen atoms in total. The van der Waals surface area contributed by atoms with Gasteiger partial charge in [-0.1, -0.05) is 0 Å². The second-order valence-electron chi connectivity index (χ2n) is 6.59. The van der Waals surface area contributed by atoms with Crippen molar-refractivity contribution in [2.24, 2.45) is 14.1 Å². The van der Waals surface area contributed by atoms with Crippen molar-refractivity contribution in [2.75, 3.05) is 51.8 Å². The lowest BCUT2D eigenvalue weighted by molar-refractivity contribution is -0.461. The number of nitrogens with zero attached hydrogens (tertiary/aromatic N) is 6. The summed E-state index contributed by atoms with van der Waals surface area (Å²) in [6.07, 6.45) is 1.86. The molecule has 0 amide bonds. The Bertz CT molecular complexity index is 943. The Hall–Kier alpha value is -2.62. The lowest BCUT2D eigenvalue weighted by Crippen LogP contribution is -2.39. The van der Waals surface area contributed by atoms with Crippen LogP contribution >= 0.6 is 0 Å². The van der Waals surface area contributed by atoms with E-state index >= 15 is 0 Å². The number of hydrogen-bond donors (Lipinski definition) is 1.